The van der Waals surface area contributed by atoms with Gasteiger partial charge in [-0.15, -0.1) is 5.10 Å². The molecule has 0 saturated carbocycles. The number of benzene rings is 2. The number of rotatable bonds is 5. The monoisotopic (exact) mass is 347 g/mol. The second-order valence-corrected chi connectivity index (χ2v) is 6.62. The Balaban J connectivity index is 1.38. The van der Waals surface area contributed by atoms with Gasteiger partial charge in [0, 0.05) is 11.5 Å². The van der Waals surface area contributed by atoms with Gasteiger partial charge >= 0.3 is 0 Å². The van der Waals surface area contributed by atoms with Crippen molar-refractivity contribution in [3.8, 4) is 5.69 Å². The number of ketones is 1. The summed E-state index contributed by atoms with van der Waals surface area (Å²) in [5.74, 6) is 1.20. The Morgan fingerprint density at radius 2 is 1.62 bits per heavy atom. The zero-order chi connectivity index (χ0) is 17.8. The molecule has 0 spiro atoms. The number of carbonyl (C=O) groups excluding carboxylic acids is 1. The topological polar surface area (TPSA) is 63.9 Å². The largest absolute Gasteiger partial charge is 0.296 e. The molecule has 1 fully saturated rings. The smallest absolute Gasteiger partial charge is 0.170 e. The molecule has 0 aliphatic carbocycles. The van der Waals surface area contributed by atoms with Crippen LogP contribution in [0.25, 0.3) is 5.69 Å². The molecule has 26 heavy (non-hydrogen) atoms. The molecule has 6 nitrogen and oxygen atoms in total. The lowest BCUT2D eigenvalue weighted by atomic mass is 9.89. The number of hydrogen-bond donors (Lipinski definition) is 0. The first kappa shape index (κ1) is 16.6. The van der Waals surface area contributed by atoms with Crippen LogP contribution in [0.4, 0.5) is 0 Å². The second kappa shape index (κ2) is 7.58. The van der Waals surface area contributed by atoms with Crippen LogP contribution in [0.5, 0.6) is 0 Å². The molecule has 3 aromatic rings. The fourth-order valence-electron chi connectivity index (χ4n) is 3.47. The zero-order valence-corrected chi connectivity index (χ0v) is 14.5. The van der Waals surface area contributed by atoms with E-state index in [-0.39, 0.29) is 11.7 Å². The van der Waals surface area contributed by atoms with Crippen molar-refractivity contribution in [2.24, 2.45) is 5.92 Å². The molecule has 0 unspecified atom stereocenters. The normalized spacial score (nSPS) is 15.8. The van der Waals surface area contributed by atoms with E-state index in [1.807, 2.05) is 60.7 Å². The molecule has 1 saturated heterocycles. The molecule has 0 N–H and O–H groups in total. The predicted molar refractivity (Wildman–Crippen MR) is 97.9 cm³/mol. The molecule has 0 radical (unpaired) electrons. The van der Waals surface area contributed by atoms with E-state index in [2.05, 4.69) is 20.4 Å². The van der Waals surface area contributed by atoms with E-state index in [1.165, 1.54) is 0 Å². The first-order valence-corrected chi connectivity index (χ1v) is 8.95. The van der Waals surface area contributed by atoms with Crippen LogP contribution in [0.2, 0.25) is 0 Å². The molecule has 4 rings (SSSR count). The van der Waals surface area contributed by atoms with E-state index >= 15 is 0 Å². The Hall–Kier alpha value is -2.86. The van der Waals surface area contributed by atoms with Crippen molar-refractivity contribution in [2.45, 2.75) is 19.4 Å². The molecule has 0 atom stereocenters. The van der Waals surface area contributed by atoms with Crippen molar-refractivity contribution in [1.29, 1.82) is 0 Å². The van der Waals surface area contributed by atoms with Crippen molar-refractivity contribution >= 4 is 5.78 Å². The van der Waals surface area contributed by atoms with Gasteiger partial charge in [-0.3, -0.25) is 9.69 Å². The molecule has 0 bridgehead atoms. The third-order valence-electron chi connectivity index (χ3n) is 4.92. The van der Waals surface area contributed by atoms with E-state index < -0.39 is 0 Å². The van der Waals surface area contributed by atoms with E-state index in [4.69, 9.17) is 0 Å². The lowest BCUT2D eigenvalue weighted by Crippen LogP contribution is -2.36. The van der Waals surface area contributed by atoms with Crippen LogP contribution in [0.1, 0.15) is 29.0 Å². The fourth-order valence-corrected chi connectivity index (χ4v) is 3.47. The molecular formula is C20H21N5O. The summed E-state index contributed by atoms with van der Waals surface area (Å²) >= 11 is 0. The van der Waals surface area contributed by atoms with E-state index in [1.54, 1.807) is 4.68 Å². The number of Topliss-reactive ketones (excluding diaryl/α,β-unsaturated/α-hetero) is 1. The van der Waals surface area contributed by atoms with Crippen LogP contribution in [-0.2, 0) is 6.54 Å². The molecule has 1 aromatic heterocycles. The lowest BCUT2D eigenvalue weighted by Gasteiger charge is -2.30. The Morgan fingerprint density at radius 1 is 0.962 bits per heavy atom. The van der Waals surface area contributed by atoms with Gasteiger partial charge < -0.3 is 0 Å². The zero-order valence-electron chi connectivity index (χ0n) is 14.5. The summed E-state index contributed by atoms with van der Waals surface area (Å²) in [7, 11) is 0. The molecule has 2 heterocycles. The summed E-state index contributed by atoms with van der Waals surface area (Å²) in [5, 5.41) is 12.1. The Morgan fingerprint density at radius 3 is 2.31 bits per heavy atom. The van der Waals surface area contributed by atoms with Crippen LogP contribution < -0.4 is 0 Å². The highest BCUT2D eigenvalue weighted by atomic mass is 16.1. The number of para-hydroxylation sites is 1. The van der Waals surface area contributed by atoms with E-state index in [0.717, 1.165) is 43.0 Å². The van der Waals surface area contributed by atoms with Gasteiger partial charge in [0.25, 0.3) is 0 Å². The van der Waals surface area contributed by atoms with Gasteiger partial charge in [0.15, 0.2) is 11.6 Å². The van der Waals surface area contributed by atoms with Crippen molar-refractivity contribution < 1.29 is 4.79 Å². The number of nitrogens with zero attached hydrogens (tertiary/aromatic N) is 5. The highest BCUT2D eigenvalue weighted by Gasteiger charge is 2.26. The average molecular weight is 347 g/mol. The third kappa shape index (κ3) is 3.55. The fraction of sp³-hybridized carbons (Fsp3) is 0.300. The van der Waals surface area contributed by atoms with Crippen LogP contribution >= 0.6 is 0 Å². The van der Waals surface area contributed by atoms with Crippen LogP contribution in [0.3, 0.4) is 0 Å². The van der Waals surface area contributed by atoms with Crippen molar-refractivity contribution in [1.82, 2.24) is 25.1 Å². The van der Waals surface area contributed by atoms with Crippen LogP contribution in [0, 0.1) is 5.92 Å². The Kier molecular flexibility index (Phi) is 4.84. The van der Waals surface area contributed by atoms with Gasteiger partial charge in [0.2, 0.25) is 0 Å². The number of hydrogen-bond acceptors (Lipinski definition) is 5. The maximum Gasteiger partial charge on any atom is 0.170 e. The summed E-state index contributed by atoms with van der Waals surface area (Å²) in [5.41, 5.74) is 1.78. The predicted octanol–water partition coefficient (Wildman–Crippen LogP) is 2.76. The molecule has 1 aliphatic rings. The highest BCUT2D eigenvalue weighted by molar-refractivity contribution is 5.97. The first-order chi connectivity index (χ1) is 12.8. The number of tetrazole rings is 1. The molecule has 6 heteroatoms. The second-order valence-electron chi connectivity index (χ2n) is 6.62. The first-order valence-electron chi connectivity index (χ1n) is 8.95. The molecule has 132 valence electrons. The van der Waals surface area contributed by atoms with Gasteiger partial charge in [0.1, 0.15) is 0 Å². The quantitative estimate of drug-likeness (QED) is 0.664. The number of carbonyl (C=O) groups is 1. The van der Waals surface area contributed by atoms with Gasteiger partial charge in [-0.05, 0) is 48.5 Å². The van der Waals surface area contributed by atoms with Gasteiger partial charge in [-0.1, -0.05) is 48.5 Å². The minimum absolute atomic E-state index is 0.110. The molecule has 2 aromatic carbocycles. The number of likely N-dealkylation sites (tertiary alicyclic amines) is 1. The Labute approximate surface area is 152 Å². The highest BCUT2D eigenvalue weighted by Crippen LogP contribution is 2.23. The molecular weight excluding hydrogens is 326 g/mol. The summed E-state index contributed by atoms with van der Waals surface area (Å²) in [4.78, 5) is 14.9. The average Bonchev–Trinajstić information content (AvgIpc) is 3.17. The maximum absolute atomic E-state index is 12.6. The number of aromatic nitrogens is 4. The summed E-state index contributed by atoms with van der Waals surface area (Å²) in [6, 6.07) is 19.5. The minimum atomic E-state index is 0.110. The lowest BCUT2D eigenvalue weighted by molar-refractivity contribution is 0.0832. The number of piperidine rings is 1. The summed E-state index contributed by atoms with van der Waals surface area (Å²) < 4.78 is 1.78. The van der Waals surface area contributed by atoms with E-state index in [0.29, 0.717) is 6.54 Å². The van der Waals surface area contributed by atoms with Gasteiger partial charge in [-0.25, -0.2) is 0 Å². The third-order valence-corrected chi connectivity index (χ3v) is 4.92. The van der Waals surface area contributed by atoms with Gasteiger partial charge in [0.05, 0.1) is 12.2 Å². The van der Waals surface area contributed by atoms with E-state index in [9.17, 15) is 4.79 Å². The molecule has 1 aliphatic heterocycles. The maximum atomic E-state index is 12.6. The van der Waals surface area contributed by atoms with Crippen molar-refractivity contribution in [2.75, 3.05) is 13.1 Å². The molecule has 0 amide bonds. The van der Waals surface area contributed by atoms with Crippen LogP contribution in [-0.4, -0.2) is 44.0 Å². The van der Waals surface area contributed by atoms with Crippen molar-refractivity contribution in [3.63, 3.8) is 0 Å². The summed E-state index contributed by atoms with van der Waals surface area (Å²) in [6.45, 7) is 2.45. The Bertz CT molecular complexity index is 854. The van der Waals surface area contributed by atoms with Crippen molar-refractivity contribution in [3.05, 3.63) is 72.1 Å². The SMILES string of the molecule is O=C(c1ccccc1)C1CCN(Cc2nnnn2-c2ccccc2)CC1. The van der Waals surface area contributed by atoms with Gasteiger partial charge in [-0.2, -0.15) is 4.68 Å². The van der Waals surface area contributed by atoms with Crippen LogP contribution in [0.15, 0.2) is 60.7 Å². The summed E-state index contributed by atoms with van der Waals surface area (Å²) in [6.07, 6.45) is 1.75. The minimum Gasteiger partial charge on any atom is -0.296 e. The standard InChI is InChI=1S/C20H21N5O/c26-20(16-7-3-1-4-8-16)17-11-13-24(14-12-17)15-19-21-22-23-25(19)18-9-5-2-6-10-18/h1-10,17H,11-15H2.